The third-order valence-electron chi connectivity index (χ3n) is 6.48. The number of fused-ring (bicyclic) bond motifs is 2. The fourth-order valence-corrected chi connectivity index (χ4v) is 6.27. The number of sulfonamides is 1. The Bertz CT molecular complexity index is 953. The molecule has 2 aliphatic heterocycles. The standard InChI is InChI=1S/C21H27N3O5S/c1-14(24-20(26)16-7-3-4-8-17(16)21(24)27)19(25)22-11-13-30(28,29)23-12-10-15-6-2-5-9-18(15)23/h2,5-6,9,14,16-17H,3-4,7-8,10-13H2,1H3,(H,22,25)/t14-,16-,17+/m1/s1. The van der Waals surface area contributed by atoms with E-state index in [0.717, 1.165) is 23.3 Å². The minimum atomic E-state index is -3.58. The van der Waals surface area contributed by atoms with E-state index in [9.17, 15) is 22.8 Å². The van der Waals surface area contributed by atoms with Gasteiger partial charge >= 0.3 is 0 Å². The Morgan fingerprint density at radius 2 is 1.77 bits per heavy atom. The first-order chi connectivity index (χ1) is 14.3. The summed E-state index contributed by atoms with van der Waals surface area (Å²) >= 11 is 0. The molecule has 8 nitrogen and oxygen atoms in total. The number of benzene rings is 1. The van der Waals surface area contributed by atoms with Crippen LogP contribution >= 0.6 is 0 Å². The van der Waals surface area contributed by atoms with Gasteiger partial charge in [0.2, 0.25) is 27.7 Å². The summed E-state index contributed by atoms with van der Waals surface area (Å²) < 4.78 is 26.9. The van der Waals surface area contributed by atoms with Gasteiger partial charge in [-0.1, -0.05) is 31.0 Å². The number of hydrogen-bond acceptors (Lipinski definition) is 5. The summed E-state index contributed by atoms with van der Waals surface area (Å²) in [6, 6.07) is 6.44. The average Bonchev–Trinajstić information content (AvgIpc) is 3.28. The molecule has 3 amide bonds. The molecule has 1 saturated heterocycles. The molecular formula is C21H27N3O5S. The Hall–Kier alpha value is -2.42. The molecule has 3 atom stereocenters. The molecule has 30 heavy (non-hydrogen) atoms. The quantitative estimate of drug-likeness (QED) is 0.676. The number of amides is 3. The van der Waals surface area contributed by atoms with E-state index in [2.05, 4.69) is 5.32 Å². The van der Waals surface area contributed by atoms with Crippen molar-refractivity contribution in [2.75, 3.05) is 23.1 Å². The van der Waals surface area contributed by atoms with Crippen LogP contribution in [0.1, 0.15) is 38.2 Å². The van der Waals surface area contributed by atoms with Crippen LogP contribution < -0.4 is 9.62 Å². The summed E-state index contributed by atoms with van der Waals surface area (Å²) in [6.07, 6.45) is 3.89. The van der Waals surface area contributed by atoms with Gasteiger partial charge in [-0.05, 0) is 37.8 Å². The molecule has 1 saturated carbocycles. The first-order valence-corrected chi connectivity index (χ1v) is 12.1. The van der Waals surface area contributed by atoms with Crippen molar-refractivity contribution in [3.05, 3.63) is 29.8 Å². The number of hydrogen-bond donors (Lipinski definition) is 1. The lowest BCUT2D eigenvalue weighted by Crippen LogP contribution is -2.49. The van der Waals surface area contributed by atoms with E-state index in [0.29, 0.717) is 31.5 Å². The fourth-order valence-electron chi connectivity index (χ4n) is 4.84. The molecule has 1 aromatic rings. The SMILES string of the molecule is C[C@H](C(=O)NCCS(=O)(=O)N1CCc2ccccc21)N1C(=O)[C@H]2CCCC[C@H]2C1=O. The number of nitrogens with zero attached hydrogens (tertiary/aromatic N) is 2. The van der Waals surface area contributed by atoms with E-state index >= 15 is 0 Å². The summed E-state index contributed by atoms with van der Waals surface area (Å²) in [5, 5.41) is 2.59. The average molecular weight is 434 g/mol. The van der Waals surface area contributed by atoms with Gasteiger partial charge in [0, 0.05) is 13.1 Å². The van der Waals surface area contributed by atoms with E-state index < -0.39 is 22.0 Å². The zero-order valence-corrected chi connectivity index (χ0v) is 17.9. The molecule has 162 valence electrons. The van der Waals surface area contributed by atoms with Crippen molar-refractivity contribution in [1.29, 1.82) is 0 Å². The van der Waals surface area contributed by atoms with Crippen LogP contribution in [0.25, 0.3) is 0 Å². The molecule has 2 fully saturated rings. The van der Waals surface area contributed by atoms with Gasteiger partial charge in [0.15, 0.2) is 0 Å². The van der Waals surface area contributed by atoms with Crippen LogP contribution in [0.2, 0.25) is 0 Å². The minimum absolute atomic E-state index is 0.0761. The van der Waals surface area contributed by atoms with Crippen molar-refractivity contribution in [3.63, 3.8) is 0 Å². The number of anilines is 1. The van der Waals surface area contributed by atoms with E-state index in [1.807, 2.05) is 12.1 Å². The van der Waals surface area contributed by atoms with Gasteiger partial charge in [-0.15, -0.1) is 0 Å². The zero-order valence-electron chi connectivity index (χ0n) is 17.0. The van der Waals surface area contributed by atoms with Crippen LogP contribution in [0.3, 0.4) is 0 Å². The second kappa shape index (κ2) is 8.02. The van der Waals surface area contributed by atoms with Crippen LogP contribution in [-0.4, -0.2) is 55.9 Å². The predicted molar refractivity (Wildman–Crippen MR) is 111 cm³/mol. The first-order valence-electron chi connectivity index (χ1n) is 10.5. The Kier molecular flexibility index (Phi) is 5.57. The lowest BCUT2D eigenvalue weighted by molar-refractivity contribution is -0.147. The van der Waals surface area contributed by atoms with Crippen molar-refractivity contribution >= 4 is 33.4 Å². The third-order valence-corrected chi connectivity index (χ3v) is 8.25. The molecule has 1 aliphatic carbocycles. The number of rotatable bonds is 6. The highest BCUT2D eigenvalue weighted by Gasteiger charge is 2.50. The molecule has 1 aromatic carbocycles. The second-order valence-electron chi connectivity index (χ2n) is 8.28. The van der Waals surface area contributed by atoms with E-state index in [1.165, 1.54) is 11.2 Å². The molecule has 0 radical (unpaired) electrons. The van der Waals surface area contributed by atoms with Gasteiger partial charge in [0.25, 0.3) is 0 Å². The van der Waals surface area contributed by atoms with Crippen LogP contribution in [0.5, 0.6) is 0 Å². The number of carbonyl (C=O) groups is 3. The van der Waals surface area contributed by atoms with Gasteiger partial charge < -0.3 is 5.32 Å². The van der Waals surface area contributed by atoms with Crippen LogP contribution in [0.4, 0.5) is 5.69 Å². The summed E-state index contributed by atoms with van der Waals surface area (Å²) in [6.45, 7) is 1.84. The molecule has 4 rings (SSSR count). The predicted octanol–water partition coefficient (Wildman–Crippen LogP) is 1.06. The topological polar surface area (TPSA) is 104 Å². The maximum atomic E-state index is 12.7. The smallest absolute Gasteiger partial charge is 0.243 e. The monoisotopic (exact) mass is 433 g/mol. The molecule has 9 heteroatoms. The van der Waals surface area contributed by atoms with Crippen molar-refractivity contribution < 1.29 is 22.8 Å². The lowest BCUT2D eigenvalue weighted by Gasteiger charge is -2.23. The maximum absolute atomic E-state index is 12.7. The molecule has 3 aliphatic rings. The third kappa shape index (κ3) is 3.59. The number of likely N-dealkylation sites (tertiary alicyclic amines) is 1. The van der Waals surface area contributed by atoms with Crippen LogP contribution in [0.15, 0.2) is 24.3 Å². The van der Waals surface area contributed by atoms with Gasteiger partial charge in [-0.2, -0.15) is 0 Å². The number of imide groups is 1. The molecule has 0 spiro atoms. The molecule has 0 aromatic heterocycles. The van der Waals surface area contributed by atoms with Crippen molar-refractivity contribution in [3.8, 4) is 0 Å². The highest BCUT2D eigenvalue weighted by atomic mass is 32.2. The Morgan fingerprint density at radius 1 is 1.13 bits per heavy atom. The zero-order chi connectivity index (χ0) is 21.5. The number of para-hydroxylation sites is 1. The van der Waals surface area contributed by atoms with Gasteiger partial charge in [0.1, 0.15) is 6.04 Å². The van der Waals surface area contributed by atoms with Crippen molar-refractivity contribution in [1.82, 2.24) is 10.2 Å². The Morgan fingerprint density at radius 3 is 2.43 bits per heavy atom. The normalized spacial score (nSPS) is 24.6. The summed E-state index contributed by atoms with van der Waals surface area (Å²) in [5.41, 5.74) is 1.68. The van der Waals surface area contributed by atoms with E-state index in [1.54, 1.807) is 12.1 Å². The Labute approximate surface area is 176 Å². The molecule has 2 heterocycles. The molecule has 1 N–H and O–H groups in total. The largest absolute Gasteiger partial charge is 0.353 e. The fraction of sp³-hybridized carbons (Fsp3) is 0.571. The molecule has 0 bridgehead atoms. The molecule has 0 unspecified atom stereocenters. The molecular weight excluding hydrogens is 406 g/mol. The number of nitrogens with one attached hydrogen (secondary N) is 1. The van der Waals surface area contributed by atoms with Crippen LogP contribution in [0, 0.1) is 11.8 Å². The second-order valence-corrected chi connectivity index (χ2v) is 10.3. The Balaban J connectivity index is 1.35. The summed E-state index contributed by atoms with van der Waals surface area (Å²) in [7, 11) is -3.58. The van der Waals surface area contributed by atoms with Gasteiger partial charge in [-0.3, -0.25) is 23.6 Å². The highest BCUT2D eigenvalue weighted by molar-refractivity contribution is 7.92. The van der Waals surface area contributed by atoms with Gasteiger partial charge in [-0.25, -0.2) is 8.42 Å². The number of carbonyl (C=O) groups excluding carboxylic acids is 3. The summed E-state index contributed by atoms with van der Waals surface area (Å²) in [4.78, 5) is 38.9. The van der Waals surface area contributed by atoms with Gasteiger partial charge in [0.05, 0.1) is 23.3 Å². The highest BCUT2D eigenvalue weighted by Crippen LogP contribution is 2.38. The van der Waals surface area contributed by atoms with Crippen LogP contribution in [-0.2, 0) is 30.8 Å². The van der Waals surface area contributed by atoms with Crippen molar-refractivity contribution in [2.24, 2.45) is 11.8 Å². The lowest BCUT2D eigenvalue weighted by atomic mass is 9.81. The summed E-state index contributed by atoms with van der Waals surface area (Å²) in [5.74, 6) is -1.91. The van der Waals surface area contributed by atoms with E-state index in [4.69, 9.17) is 0 Å². The van der Waals surface area contributed by atoms with E-state index in [-0.39, 0.29) is 35.9 Å². The minimum Gasteiger partial charge on any atom is -0.353 e. The first kappa shape index (κ1) is 20.8. The van der Waals surface area contributed by atoms with Crippen molar-refractivity contribution in [2.45, 2.75) is 45.1 Å². The maximum Gasteiger partial charge on any atom is 0.243 e.